The Morgan fingerprint density at radius 2 is 0.958 bits per heavy atom. The SMILES string of the molecule is OC1(O)Cc2ccccc2CC1(c1ccccc1)c1ccccc1. The van der Waals surface area contributed by atoms with Crippen LogP contribution < -0.4 is 0 Å². The van der Waals surface area contributed by atoms with Crippen molar-refractivity contribution < 1.29 is 10.2 Å². The molecule has 1 aliphatic carbocycles. The second-order valence-corrected chi connectivity index (χ2v) is 6.58. The monoisotopic (exact) mass is 316 g/mol. The lowest BCUT2D eigenvalue weighted by molar-refractivity contribution is -0.206. The van der Waals surface area contributed by atoms with Gasteiger partial charge in [-0.2, -0.15) is 0 Å². The molecule has 4 rings (SSSR count). The van der Waals surface area contributed by atoms with Crippen LogP contribution in [0, 0.1) is 0 Å². The highest BCUT2D eigenvalue weighted by Crippen LogP contribution is 2.48. The lowest BCUT2D eigenvalue weighted by atomic mass is 9.60. The molecule has 24 heavy (non-hydrogen) atoms. The quantitative estimate of drug-likeness (QED) is 0.711. The van der Waals surface area contributed by atoms with Gasteiger partial charge in [0.2, 0.25) is 0 Å². The fourth-order valence-electron chi connectivity index (χ4n) is 4.02. The standard InChI is InChI=1S/C22H20O2/c23-22(24)16-18-10-8-7-9-17(18)15-21(22,19-11-3-1-4-12-19)20-13-5-2-6-14-20/h1-14,23-24H,15-16H2. The van der Waals surface area contributed by atoms with Gasteiger partial charge in [0.15, 0.2) is 5.79 Å². The molecule has 1 aliphatic rings. The van der Waals surface area contributed by atoms with Gasteiger partial charge in [0.25, 0.3) is 0 Å². The van der Waals surface area contributed by atoms with Gasteiger partial charge in [-0.15, -0.1) is 0 Å². The van der Waals surface area contributed by atoms with Crippen LogP contribution in [0.3, 0.4) is 0 Å². The largest absolute Gasteiger partial charge is 0.364 e. The molecular weight excluding hydrogens is 296 g/mol. The summed E-state index contributed by atoms with van der Waals surface area (Å²) >= 11 is 0. The molecular formula is C22H20O2. The van der Waals surface area contributed by atoms with Crippen LogP contribution in [0.1, 0.15) is 22.3 Å². The molecule has 2 N–H and O–H groups in total. The Kier molecular flexibility index (Phi) is 3.52. The first-order chi connectivity index (χ1) is 11.6. The Morgan fingerprint density at radius 3 is 1.46 bits per heavy atom. The van der Waals surface area contributed by atoms with Crippen molar-refractivity contribution in [2.45, 2.75) is 24.0 Å². The van der Waals surface area contributed by atoms with Gasteiger partial charge >= 0.3 is 0 Å². The molecule has 0 radical (unpaired) electrons. The van der Waals surface area contributed by atoms with E-state index in [0.717, 1.165) is 16.7 Å². The summed E-state index contributed by atoms with van der Waals surface area (Å²) in [5.74, 6) is -1.86. The smallest absolute Gasteiger partial charge is 0.181 e. The van der Waals surface area contributed by atoms with Gasteiger partial charge in [0.05, 0.1) is 5.41 Å². The summed E-state index contributed by atoms with van der Waals surface area (Å²) in [6.45, 7) is 0. The van der Waals surface area contributed by atoms with E-state index in [0.29, 0.717) is 6.42 Å². The number of rotatable bonds is 2. The zero-order valence-corrected chi connectivity index (χ0v) is 13.4. The van der Waals surface area contributed by atoms with Crippen LogP contribution in [0.2, 0.25) is 0 Å². The van der Waals surface area contributed by atoms with Gasteiger partial charge in [0.1, 0.15) is 0 Å². The summed E-state index contributed by atoms with van der Waals surface area (Å²) in [5, 5.41) is 22.4. The van der Waals surface area contributed by atoms with E-state index in [1.165, 1.54) is 5.56 Å². The second kappa shape index (κ2) is 5.59. The molecule has 0 aromatic heterocycles. The van der Waals surface area contributed by atoms with Gasteiger partial charge in [-0.1, -0.05) is 84.9 Å². The molecule has 0 amide bonds. The fourth-order valence-corrected chi connectivity index (χ4v) is 4.02. The maximum absolute atomic E-state index is 11.2. The fraction of sp³-hybridized carbons (Fsp3) is 0.182. The van der Waals surface area contributed by atoms with Crippen molar-refractivity contribution in [2.24, 2.45) is 0 Å². The Balaban J connectivity index is 2.00. The minimum Gasteiger partial charge on any atom is -0.364 e. The summed E-state index contributed by atoms with van der Waals surface area (Å²) < 4.78 is 0. The summed E-state index contributed by atoms with van der Waals surface area (Å²) in [5.41, 5.74) is 3.14. The van der Waals surface area contributed by atoms with Crippen LogP contribution in [0.5, 0.6) is 0 Å². The first-order valence-electron chi connectivity index (χ1n) is 8.26. The van der Waals surface area contributed by atoms with Gasteiger partial charge in [-0.05, 0) is 28.7 Å². The highest BCUT2D eigenvalue weighted by atomic mass is 16.5. The average Bonchev–Trinajstić information content (AvgIpc) is 2.62. The second-order valence-electron chi connectivity index (χ2n) is 6.58. The van der Waals surface area contributed by atoms with Crippen LogP contribution in [0.4, 0.5) is 0 Å². The Labute approximate surface area is 142 Å². The molecule has 0 unspecified atom stereocenters. The third-order valence-corrected chi connectivity index (χ3v) is 5.23. The zero-order valence-electron chi connectivity index (χ0n) is 13.4. The Hall–Kier alpha value is -2.42. The van der Waals surface area contributed by atoms with Crippen molar-refractivity contribution in [2.75, 3.05) is 0 Å². The van der Waals surface area contributed by atoms with Gasteiger partial charge < -0.3 is 10.2 Å². The summed E-state index contributed by atoms with van der Waals surface area (Å²) in [6.07, 6.45) is 0.775. The highest BCUT2D eigenvalue weighted by molar-refractivity contribution is 5.49. The van der Waals surface area contributed by atoms with E-state index in [9.17, 15) is 10.2 Å². The highest BCUT2D eigenvalue weighted by Gasteiger charge is 2.54. The van der Waals surface area contributed by atoms with Crippen molar-refractivity contribution in [3.05, 3.63) is 107 Å². The molecule has 2 nitrogen and oxygen atoms in total. The maximum Gasteiger partial charge on any atom is 0.181 e. The first-order valence-corrected chi connectivity index (χ1v) is 8.26. The van der Waals surface area contributed by atoms with E-state index >= 15 is 0 Å². The predicted octanol–water partition coefficient (Wildman–Crippen LogP) is 3.45. The summed E-state index contributed by atoms with van der Waals surface area (Å²) in [4.78, 5) is 0. The minimum absolute atomic E-state index is 0.215. The first kappa shape index (κ1) is 15.1. The molecule has 120 valence electrons. The molecule has 0 spiro atoms. The molecule has 0 bridgehead atoms. The number of benzene rings is 3. The Morgan fingerprint density at radius 1 is 0.542 bits per heavy atom. The van der Waals surface area contributed by atoms with Gasteiger partial charge in [0, 0.05) is 6.42 Å². The molecule has 3 aromatic carbocycles. The summed E-state index contributed by atoms with van der Waals surface area (Å²) in [7, 11) is 0. The van der Waals surface area contributed by atoms with E-state index < -0.39 is 11.2 Å². The van der Waals surface area contributed by atoms with Crippen molar-refractivity contribution in [1.29, 1.82) is 0 Å². The Bertz CT molecular complexity index is 799. The van der Waals surface area contributed by atoms with E-state index in [-0.39, 0.29) is 6.42 Å². The maximum atomic E-state index is 11.2. The number of hydrogen-bond acceptors (Lipinski definition) is 2. The third kappa shape index (κ3) is 2.19. The topological polar surface area (TPSA) is 40.5 Å². The van der Waals surface area contributed by atoms with Crippen molar-refractivity contribution in [3.8, 4) is 0 Å². The van der Waals surface area contributed by atoms with Crippen LogP contribution >= 0.6 is 0 Å². The van der Waals surface area contributed by atoms with E-state index in [2.05, 4.69) is 6.07 Å². The molecule has 0 aliphatic heterocycles. The average molecular weight is 316 g/mol. The van der Waals surface area contributed by atoms with E-state index in [4.69, 9.17) is 0 Å². The molecule has 0 fully saturated rings. The molecule has 2 heteroatoms. The molecule has 0 atom stereocenters. The van der Waals surface area contributed by atoms with Crippen LogP contribution in [0.25, 0.3) is 0 Å². The van der Waals surface area contributed by atoms with E-state index in [1.807, 2.05) is 78.9 Å². The molecule has 0 heterocycles. The van der Waals surface area contributed by atoms with Gasteiger partial charge in [-0.3, -0.25) is 0 Å². The van der Waals surface area contributed by atoms with E-state index in [1.54, 1.807) is 0 Å². The number of fused-ring (bicyclic) bond motifs is 1. The number of hydrogen-bond donors (Lipinski definition) is 2. The van der Waals surface area contributed by atoms with Crippen LogP contribution in [0.15, 0.2) is 84.9 Å². The lowest BCUT2D eigenvalue weighted by Gasteiger charge is -2.48. The molecule has 0 saturated carbocycles. The zero-order chi connectivity index (χ0) is 16.6. The normalized spacial score (nSPS) is 17.9. The van der Waals surface area contributed by atoms with Crippen molar-refractivity contribution in [3.63, 3.8) is 0 Å². The minimum atomic E-state index is -1.86. The van der Waals surface area contributed by atoms with Crippen molar-refractivity contribution in [1.82, 2.24) is 0 Å². The third-order valence-electron chi connectivity index (χ3n) is 5.23. The van der Waals surface area contributed by atoms with Gasteiger partial charge in [-0.25, -0.2) is 0 Å². The summed E-state index contributed by atoms with van der Waals surface area (Å²) in [6, 6.07) is 27.7. The molecule has 3 aromatic rings. The van der Waals surface area contributed by atoms with Crippen molar-refractivity contribution >= 4 is 0 Å². The predicted molar refractivity (Wildman–Crippen MR) is 94.7 cm³/mol. The number of aliphatic hydroxyl groups is 2. The lowest BCUT2D eigenvalue weighted by Crippen LogP contribution is -2.57. The van der Waals surface area contributed by atoms with Crippen LogP contribution in [-0.4, -0.2) is 16.0 Å². The molecule has 0 saturated heterocycles. The van der Waals surface area contributed by atoms with Crippen LogP contribution in [-0.2, 0) is 18.3 Å².